The predicted octanol–water partition coefficient (Wildman–Crippen LogP) is 1.73. The summed E-state index contributed by atoms with van der Waals surface area (Å²) in [6.45, 7) is 2.94. The molecule has 0 aromatic heterocycles. The lowest BCUT2D eigenvalue weighted by atomic mass is 10.2. The van der Waals surface area contributed by atoms with Gasteiger partial charge in [0, 0.05) is 13.0 Å². The van der Waals surface area contributed by atoms with Crippen LogP contribution in [-0.4, -0.2) is 24.4 Å². The molecule has 1 aromatic rings. The van der Waals surface area contributed by atoms with E-state index in [0.29, 0.717) is 12.8 Å². The van der Waals surface area contributed by atoms with Gasteiger partial charge in [0.1, 0.15) is 6.04 Å². The fraction of sp³-hybridized carbons (Fsp3) is 0.429. The Hall–Kier alpha value is -2.04. The van der Waals surface area contributed by atoms with Crippen molar-refractivity contribution in [2.45, 2.75) is 32.2 Å². The Morgan fingerprint density at radius 3 is 2.74 bits per heavy atom. The zero-order valence-corrected chi connectivity index (χ0v) is 11.0. The maximum Gasteiger partial charge on any atom is 0.247 e. The fourth-order valence-electron chi connectivity index (χ4n) is 2.04. The lowest BCUT2D eigenvalue weighted by Crippen LogP contribution is -2.37. The number of anilines is 2. The van der Waals surface area contributed by atoms with Gasteiger partial charge in [-0.1, -0.05) is 19.1 Å². The summed E-state index contributed by atoms with van der Waals surface area (Å²) >= 11 is 0. The zero-order valence-electron chi connectivity index (χ0n) is 11.0. The molecular weight excluding hydrogens is 242 g/mol. The highest BCUT2D eigenvalue weighted by Crippen LogP contribution is 2.21. The monoisotopic (exact) mass is 261 g/mol. The maximum absolute atomic E-state index is 12.0. The minimum Gasteiger partial charge on any atom is -0.383 e. The number of para-hydroxylation sites is 2. The van der Waals surface area contributed by atoms with Crippen molar-refractivity contribution in [3.63, 3.8) is 0 Å². The zero-order chi connectivity index (χ0) is 13.7. The molecule has 0 bridgehead atoms. The predicted molar refractivity (Wildman–Crippen MR) is 75.0 cm³/mol. The van der Waals surface area contributed by atoms with Crippen LogP contribution >= 0.6 is 0 Å². The topological polar surface area (TPSA) is 70.2 Å². The first-order chi connectivity index (χ1) is 9.20. The summed E-state index contributed by atoms with van der Waals surface area (Å²) in [4.78, 5) is 23.1. The van der Waals surface area contributed by atoms with Crippen molar-refractivity contribution < 1.29 is 9.59 Å². The lowest BCUT2D eigenvalue weighted by molar-refractivity contribution is -0.122. The minimum atomic E-state index is -0.410. The number of carbonyl (C=O) groups excluding carboxylic acids is 2. The molecule has 5 nitrogen and oxygen atoms in total. The molecule has 0 aliphatic carbocycles. The summed E-state index contributed by atoms with van der Waals surface area (Å²) in [6.07, 6.45) is 2.00. The van der Waals surface area contributed by atoms with Crippen LogP contribution in [0.1, 0.15) is 26.2 Å². The summed E-state index contributed by atoms with van der Waals surface area (Å²) in [6, 6.07) is 7.17. The van der Waals surface area contributed by atoms with Crippen LogP contribution < -0.4 is 16.0 Å². The van der Waals surface area contributed by atoms with Gasteiger partial charge >= 0.3 is 0 Å². The number of benzene rings is 1. The highest BCUT2D eigenvalue weighted by Gasteiger charge is 2.27. The van der Waals surface area contributed by atoms with E-state index in [1.807, 2.05) is 24.3 Å². The number of hydrogen-bond donors (Lipinski definition) is 3. The second-order valence-electron chi connectivity index (χ2n) is 4.62. The van der Waals surface area contributed by atoms with E-state index in [2.05, 4.69) is 22.9 Å². The first kappa shape index (κ1) is 13.4. The van der Waals surface area contributed by atoms with E-state index >= 15 is 0 Å². The van der Waals surface area contributed by atoms with Gasteiger partial charge in [-0.25, -0.2) is 0 Å². The van der Waals surface area contributed by atoms with Gasteiger partial charge in [-0.15, -0.1) is 0 Å². The van der Waals surface area contributed by atoms with Gasteiger partial charge in [-0.3, -0.25) is 9.59 Å². The molecule has 1 atom stereocenters. The Bertz CT molecular complexity index is 474. The van der Waals surface area contributed by atoms with Crippen LogP contribution in [0, 0.1) is 0 Å². The van der Waals surface area contributed by atoms with Crippen LogP contribution in [0.3, 0.4) is 0 Å². The van der Waals surface area contributed by atoms with Gasteiger partial charge in [0.2, 0.25) is 11.8 Å². The van der Waals surface area contributed by atoms with Gasteiger partial charge < -0.3 is 16.0 Å². The van der Waals surface area contributed by atoms with Crippen molar-refractivity contribution in [1.29, 1.82) is 0 Å². The maximum atomic E-state index is 12.0. The molecule has 1 saturated heterocycles. The van der Waals surface area contributed by atoms with Crippen molar-refractivity contribution in [2.75, 3.05) is 17.2 Å². The first-order valence-electron chi connectivity index (χ1n) is 6.64. The van der Waals surface area contributed by atoms with E-state index in [9.17, 15) is 9.59 Å². The summed E-state index contributed by atoms with van der Waals surface area (Å²) < 4.78 is 0. The highest BCUT2D eigenvalue weighted by atomic mass is 16.2. The second-order valence-corrected chi connectivity index (χ2v) is 4.62. The van der Waals surface area contributed by atoms with E-state index < -0.39 is 6.04 Å². The van der Waals surface area contributed by atoms with Crippen molar-refractivity contribution in [2.24, 2.45) is 0 Å². The molecule has 102 valence electrons. The summed E-state index contributed by atoms with van der Waals surface area (Å²) in [5, 5.41) is 8.80. The standard InChI is InChI=1S/C14H19N3O2/c1-2-9-15-10-5-3-4-6-11(10)17-14(19)12-7-8-13(18)16-12/h3-6,12,15H,2,7-9H2,1H3,(H,16,18)(H,17,19). The largest absolute Gasteiger partial charge is 0.383 e. The molecular formula is C14H19N3O2. The molecule has 1 aliphatic rings. The quantitative estimate of drug-likeness (QED) is 0.756. The lowest BCUT2D eigenvalue weighted by Gasteiger charge is -2.15. The van der Waals surface area contributed by atoms with Crippen LogP contribution in [0.2, 0.25) is 0 Å². The molecule has 3 N–H and O–H groups in total. The molecule has 0 saturated carbocycles. The van der Waals surface area contributed by atoms with Crippen LogP contribution in [0.15, 0.2) is 24.3 Å². The third-order valence-corrected chi connectivity index (χ3v) is 3.06. The Morgan fingerprint density at radius 2 is 2.11 bits per heavy atom. The Morgan fingerprint density at radius 1 is 1.37 bits per heavy atom. The molecule has 2 amide bonds. The number of hydrogen-bond acceptors (Lipinski definition) is 3. The number of rotatable bonds is 5. The summed E-state index contributed by atoms with van der Waals surface area (Å²) in [5.41, 5.74) is 1.66. The summed E-state index contributed by atoms with van der Waals surface area (Å²) in [7, 11) is 0. The molecule has 19 heavy (non-hydrogen) atoms. The van der Waals surface area contributed by atoms with Crippen molar-refractivity contribution >= 4 is 23.2 Å². The van der Waals surface area contributed by atoms with E-state index in [1.165, 1.54) is 0 Å². The van der Waals surface area contributed by atoms with Gasteiger partial charge in [0.25, 0.3) is 0 Å². The third-order valence-electron chi connectivity index (χ3n) is 3.06. The van der Waals surface area contributed by atoms with E-state index in [0.717, 1.165) is 24.3 Å². The minimum absolute atomic E-state index is 0.0578. The Balaban J connectivity index is 2.01. The number of amides is 2. The van der Waals surface area contributed by atoms with Crippen molar-refractivity contribution in [3.8, 4) is 0 Å². The van der Waals surface area contributed by atoms with E-state index in [-0.39, 0.29) is 11.8 Å². The first-order valence-corrected chi connectivity index (χ1v) is 6.64. The average Bonchev–Trinajstić information content (AvgIpc) is 2.84. The fourth-order valence-corrected chi connectivity index (χ4v) is 2.04. The molecule has 1 heterocycles. The van der Waals surface area contributed by atoms with Gasteiger partial charge in [-0.2, -0.15) is 0 Å². The number of carbonyl (C=O) groups is 2. The molecule has 2 rings (SSSR count). The molecule has 5 heteroatoms. The van der Waals surface area contributed by atoms with E-state index in [4.69, 9.17) is 0 Å². The molecule has 1 aliphatic heterocycles. The molecule has 0 spiro atoms. The average molecular weight is 261 g/mol. The van der Waals surface area contributed by atoms with Crippen molar-refractivity contribution in [3.05, 3.63) is 24.3 Å². The SMILES string of the molecule is CCCNc1ccccc1NC(=O)C1CCC(=O)N1. The molecule has 0 radical (unpaired) electrons. The van der Waals surface area contributed by atoms with Gasteiger partial charge in [0.15, 0.2) is 0 Å². The molecule has 1 unspecified atom stereocenters. The van der Waals surface area contributed by atoms with Crippen LogP contribution in [-0.2, 0) is 9.59 Å². The molecule has 1 aromatic carbocycles. The normalized spacial score (nSPS) is 17.9. The van der Waals surface area contributed by atoms with Crippen molar-refractivity contribution in [1.82, 2.24) is 5.32 Å². The van der Waals surface area contributed by atoms with Gasteiger partial charge in [0.05, 0.1) is 11.4 Å². The van der Waals surface area contributed by atoms with Gasteiger partial charge in [-0.05, 0) is 25.0 Å². The second kappa shape index (κ2) is 6.22. The Labute approximate surface area is 112 Å². The molecule has 1 fully saturated rings. The number of nitrogens with one attached hydrogen (secondary N) is 3. The van der Waals surface area contributed by atoms with E-state index in [1.54, 1.807) is 0 Å². The van der Waals surface area contributed by atoms with Crippen LogP contribution in [0.4, 0.5) is 11.4 Å². The third kappa shape index (κ3) is 3.47. The smallest absolute Gasteiger partial charge is 0.247 e. The van der Waals surface area contributed by atoms with Crippen LogP contribution in [0.25, 0.3) is 0 Å². The van der Waals surface area contributed by atoms with Crippen LogP contribution in [0.5, 0.6) is 0 Å². The summed E-state index contributed by atoms with van der Waals surface area (Å²) in [5.74, 6) is -0.214. The Kier molecular flexibility index (Phi) is 4.39. The highest BCUT2D eigenvalue weighted by molar-refractivity contribution is 6.00.